The lowest BCUT2D eigenvalue weighted by Gasteiger charge is -2.34. The van der Waals surface area contributed by atoms with E-state index in [4.69, 9.17) is 0 Å². The molecule has 3 nitrogen and oxygen atoms in total. The monoisotopic (exact) mass is 272 g/mol. The van der Waals surface area contributed by atoms with Crippen molar-refractivity contribution < 1.29 is 4.79 Å². The standard InChI is InChI=1S/C17H24N2O/c1-14-6-10-18(11-7-14)17(20)19-12-8-15-4-2-3-5-16(15)9-13-19/h2-5,14H,6-13H2,1H3. The third-order valence-electron chi connectivity index (χ3n) is 4.75. The van der Waals surface area contributed by atoms with E-state index >= 15 is 0 Å². The number of carbonyl (C=O) groups is 1. The van der Waals surface area contributed by atoms with Crippen LogP contribution in [0.25, 0.3) is 0 Å². The SMILES string of the molecule is CC1CCN(C(=O)N2CCc3ccccc3CC2)CC1. The molecule has 1 saturated heterocycles. The third kappa shape index (κ3) is 2.82. The molecule has 0 aliphatic carbocycles. The second-order valence-corrected chi connectivity index (χ2v) is 6.21. The van der Waals surface area contributed by atoms with E-state index in [-0.39, 0.29) is 6.03 Å². The second-order valence-electron chi connectivity index (χ2n) is 6.21. The van der Waals surface area contributed by atoms with Crippen LogP contribution in [-0.4, -0.2) is 42.0 Å². The van der Waals surface area contributed by atoms with Crippen LogP contribution < -0.4 is 0 Å². The maximum Gasteiger partial charge on any atom is 0.320 e. The topological polar surface area (TPSA) is 23.6 Å². The fourth-order valence-electron chi connectivity index (χ4n) is 3.26. The molecule has 1 aromatic rings. The largest absolute Gasteiger partial charge is 0.325 e. The number of urea groups is 1. The molecule has 0 aromatic heterocycles. The molecule has 0 bridgehead atoms. The van der Waals surface area contributed by atoms with Gasteiger partial charge in [0, 0.05) is 26.2 Å². The number of fused-ring (bicyclic) bond motifs is 1. The molecule has 0 N–H and O–H groups in total. The van der Waals surface area contributed by atoms with Crippen molar-refractivity contribution in [3.05, 3.63) is 35.4 Å². The van der Waals surface area contributed by atoms with Crippen LogP contribution in [0.3, 0.4) is 0 Å². The molecule has 1 fully saturated rings. The van der Waals surface area contributed by atoms with Crippen molar-refractivity contribution in [2.75, 3.05) is 26.2 Å². The van der Waals surface area contributed by atoms with Crippen molar-refractivity contribution in [3.63, 3.8) is 0 Å². The Balaban J connectivity index is 1.63. The van der Waals surface area contributed by atoms with Gasteiger partial charge in [-0.15, -0.1) is 0 Å². The molecule has 0 radical (unpaired) electrons. The molecular formula is C17H24N2O. The van der Waals surface area contributed by atoms with Gasteiger partial charge in [0.05, 0.1) is 0 Å². The zero-order valence-electron chi connectivity index (χ0n) is 12.3. The number of amides is 2. The number of rotatable bonds is 0. The van der Waals surface area contributed by atoms with Crippen molar-refractivity contribution >= 4 is 6.03 Å². The van der Waals surface area contributed by atoms with Crippen LogP contribution in [0.15, 0.2) is 24.3 Å². The summed E-state index contributed by atoms with van der Waals surface area (Å²) in [5, 5.41) is 0. The predicted octanol–water partition coefficient (Wildman–Crippen LogP) is 2.94. The summed E-state index contributed by atoms with van der Waals surface area (Å²) in [6.07, 6.45) is 4.29. The quantitative estimate of drug-likeness (QED) is 0.712. The molecule has 0 unspecified atom stereocenters. The van der Waals surface area contributed by atoms with Gasteiger partial charge in [-0.2, -0.15) is 0 Å². The van der Waals surface area contributed by atoms with Gasteiger partial charge >= 0.3 is 6.03 Å². The number of hydrogen-bond acceptors (Lipinski definition) is 1. The Morgan fingerprint density at radius 1 is 0.950 bits per heavy atom. The molecule has 1 aromatic carbocycles. The second kappa shape index (κ2) is 5.86. The van der Waals surface area contributed by atoms with E-state index in [0.717, 1.165) is 57.8 Å². The molecule has 0 spiro atoms. The first-order valence-corrected chi connectivity index (χ1v) is 7.84. The minimum Gasteiger partial charge on any atom is -0.325 e. The number of benzene rings is 1. The first-order valence-electron chi connectivity index (χ1n) is 7.84. The first-order chi connectivity index (χ1) is 9.74. The molecular weight excluding hydrogens is 248 g/mol. The van der Waals surface area contributed by atoms with Gasteiger partial charge in [-0.05, 0) is 42.7 Å². The lowest BCUT2D eigenvalue weighted by atomic mass is 9.99. The van der Waals surface area contributed by atoms with Crippen LogP contribution in [0.5, 0.6) is 0 Å². The van der Waals surface area contributed by atoms with Crippen LogP contribution >= 0.6 is 0 Å². The summed E-state index contributed by atoms with van der Waals surface area (Å²) in [5.41, 5.74) is 2.82. The summed E-state index contributed by atoms with van der Waals surface area (Å²) < 4.78 is 0. The Hall–Kier alpha value is -1.51. The highest BCUT2D eigenvalue weighted by molar-refractivity contribution is 5.74. The van der Waals surface area contributed by atoms with Crippen molar-refractivity contribution in [3.8, 4) is 0 Å². The fraction of sp³-hybridized carbons (Fsp3) is 0.588. The lowest BCUT2D eigenvalue weighted by Crippen LogP contribution is -2.47. The Morgan fingerprint density at radius 3 is 2.00 bits per heavy atom. The van der Waals surface area contributed by atoms with E-state index in [9.17, 15) is 4.79 Å². The van der Waals surface area contributed by atoms with E-state index in [1.807, 2.05) is 0 Å². The molecule has 3 rings (SSSR count). The fourth-order valence-corrected chi connectivity index (χ4v) is 3.26. The van der Waals surface area contributed by atoms with E-state index < -0.39 is 0 Å². The van der Waals surface area contributed by atoms with Crippen molar-refractivity contribution in [1.82, 2.24) is 9.80 Å². The number of hydrogen-bond donors (Lipinski definition) is 0. The van der Waals surface area contributed by atoms with Crippen molar-refractivity contribution in [1.29, 1.82) is 0 Å². The van der Waals surface area contributed by atoms with Gasteiger partial charge in [0.15, 0.2) is 0 Å². The van der Waals surface area contributed by atoms with Crippen molar-refractivity contribution in [2.24, 2.45) is 5.92 Å². The summed E-state index contributed by atoms with van der Waals surface area (Å²) in [5.74, 6) is 0.771. The Kier molecular flexibility index (Phi) is 3.95. The van der Waals surface area contributed by atoms with Gasteiger partial charge in [0.1, 0.15) is 0 Å². The third-order valence-corrected chi connectivity index (χ3v) is 4.75. The molecule has 2 aliphatic heterocycles. The van der Waals surface area contributed by atoms with Crippen LogP contribution in [-0.2, 0) is 12.8 Å². The zero-order valence-corrected chi connectivity index (χ0v) is 12.3. The van der Waals surface area contributed by atoms with Gasteiger partial charge in [-0.3, -0.25) is 0 Å². The van der Waals surface area contributed by atoms with Crippen LogP contribution in [0.4, 0.5) is 4.79 Å². The summed E-state index contributed by atoms with van der Waals surface area (Å²) in [6, 6.07) is 8.85. The smallest absolute Gasteiger partial charge is 0.320 e. The molecule has 108 valence electrons. The molecule has 3 heteroatoms. The van der Waals surface area contributed by atoms with Crippen LogP contribution in [0.1, 0.15) is 30.9 Å². The first kappa shape index (κ1) is 13.5. The number of nitrogens with zero attached hydrogens (tertiary/aromatic N) is 2. The summed E-state index contributed by atoms with van der Waals surface area (Å²) in [6.45, 7) is 5.88. The Labute approximate surface area is 121 Å². The molecule has 20 heavy (non-hydrogen) atoms. The highest BCUT2D eigenvalue weighted by Crippen LogP contribution is 2.20. The molecule has 2 heterocycles. The molecule has 0 atom stereocenters. The Bertz CT molecular complexity index is 451. The number of carbonyl (C=O) groups excluding carboxylic acids is 1. The predicted molar refractivity (Wildman–Crippen MR) is 80.8 cm³/mol. The number of piperidine rings is 1. The van der Waals surface area contributed by atoms with Crippen molar-refractivity contribution in [2.45, 2.75) is 32.6 Å². The minimum absolute atomic E-state index is 0.254. The van der Waals surface area contributed by atoms with E-state index in [1.54, 1.807) is 0 Å². The maximum atomic E-state index is 12.6. The van der Waals surface area contributed by atoms with Gasteiger partial charge in [0.2, 0.25) is 0 Å². The lowest BCUT2D eigenvalue weighted by molar-refractivity contribution is 0.136. The zero-order chi connectivity index (χ0) is 13.9. The highest BCUT2D eigenvalue weighted by atomic mass is 16.2. The minimum atomic E-state index is 0.254. The van der Waals surface area contributed by atoms with Gasteiger partial charge < -0.3 is 9.80 Å². The summed E-state index contributed by atoms with van der Waals surface area (Å²) in [4.78, 5) is 16.7. The van der Waals surface area contributed by atoms with Gasteiger partial charge in [-0.25, -0.2) is 4.79 Å². The van der Waals surface area contributed by atoms with E-state index in [1.165, 1.54) is 11.1 Å². The average Bonchev–Trinajstić information content (AvgIpc) is 2.70. The maximum absolute atomic E-state index is 12.6. The summed E-state index contributed by atoms with van der Waals surface area (Å²) >= 11 is 0. The highest BCUT2D eigenvalue weighted by Gasteiger charge is 2.25. The van der Waals surface area contributed by atoms with Crippen LogP contribution in [0.2, 0.25) is 0 Å². The molecule has 0 saturated carbocycles. The van der Waals surface area contributed by atoms with E-state index in [0.29, 0.717) is 0 Å². The average molecular weight is 272 g/mol. The summed E-state index contributed by atoms with van der Waals surface area (Å²) in [7, 11) is 0. The van der Waals surface area contributed by atoms with Crippen LogP contribution in [0, 0.1) is 5.92 Å². The molecule has 2 amide bonds. The normalized spacial score (nSPS) is 20.4. The van der Waals surface area contributed by atoms with Gasteiger partial charge in [0.25, 0.3) is 0 Å². The molecule has 2 aliphatic rings. The van der Waals surface area contributed by atoms with Gasteiger partial charge in [-0.1, -0.05) is 31.2 Å². The van der Waals surface area contributed by atoms with E-state index in [2.05, 4.69) is 41.0 Å². The Morgan fingerprint density at radius 2 is 1.45 bits per heavy atom. The number of likely N-dealkylation sites (tertiary alicyclic amines) is 1.